The van der Waals surface area contributed by atoms with E-state index in [2.05, 4.69) is 16.8 Å². The number of hydrogen-bond acceptors (Lipinski definition) is 5. The average Bonchev–Trinajstić information content (AvgIpc) is 3.28. The Labute approximate surface area is 163 Å². The maximum atomic E-state index is 12.7. The molecule has 0 bridgehead atoms. The van der Waals surface area contributed by atoms with Crippen molar-refractivity contribution in [3.05, 3.63) is 41.9 Å². The molecule has 1 saturated heterocycles. The smallest absolute Gasteiger partial charge is 0.289 e. The summed E-state index contributed by atoms with van der Waals surface area (Å²) in [4.78, 5) is 30.0. The highest BCUT2D eigenvalue weighted by Crippen LogP contribution is 2.28. The van der Waals surface area contributed by atoms with Crippen molar-refractivity contribution in [2.24, 2.45) is 5.73 Å². The summed E-state index contributed by atoms with van der Waals surface area (Å²) in [5.41, 5.74) is 4.16. The molecule has 0 aliphatic carbocycles. The lowest BCUT2D eigenvalue weighted by atomic mass is 9.95. The molecule has 28 heavy (non-hydrogen) atoms. The Morgan fingerprint density at radius 2 is 2.07 bits per heavy atom. The van der Waals surface area contributed by atoms with Gasteiger partial charge >= 0.3 is 0 Å². The highest BCUT2D eigenvalue weighted by atomic mass is 16.4. The Kier molecular flexibility index (Phi) is 5.56. The molecule has 2 aromatic heterocycles. The number of nitrogens with zero attached hydrogens (tertiary/aromatic N) is 3. The molecule has 0 unspecified atom stereocenters. The van der Waals surface area contributed by atoms with Crippen LogP contribution in [-0.4, -0.2) is 50.1 Å². The number of rotatable bonds is 4. The van der Waals surface area contributed by atoms with Crippen LogP contribution in [0, 0.1) is 11.8 Å². The van der Waals surface area contributed by atoms with Gasteiger partial charge in [0.15, 0.2) is 11.5 Å². The van der Waals surface area contributed by atoms with Gasteiger partial charge in [-0.3, -0.25) is 9.59 Å². The molecule has 1 aliphatic rings. The lowest BCUT2D eigenvalue weighted by molar-refractivity contribution is -0.118. The molecular formula is C20H24N4O4. The Morgan fingerprint density at radius 1 is 1.36 bits per heavy atom. The second kappa shape index (κ2) is 7.90. The number of carbonyl (C=O) groups is 2. The predicted molar refractivity (Wildman–Crippen MR) is 101 cm³/mol. The third-order valence-corrected chi connectivity index (χ3v) is 4.53. The van der Waals surface area contributed by atoms with Crippen LogP contribution in [-0.2, 0) is 11.3 Å². The summed E-state index contributed by atoms with van der Waals surface area (Å²) in [6.45, 7) is 4.40. The molecule has 3 rings (SSSR count). The monoisotopic (exact) mass is 384 g/mol. The van der Waals surface area contributed by atoms with E-state index < -0.39 is 11.5 Å². The van der Waals surface area contributed by atoms with E-state index in [-0.39, 0.29) is 24.1 Å². The van der Waals surface area contributed by atoms with E-state index in [0.29, 0.717) is 18.8 Å². The molecule has 2 aromatic rings. The van der Waals surface area contributed by atoms with Crippen molar-refractivity contribution in [3.63, 3.8) is 0 Å². The van der Waals surface area contributed by atoms with Gasteiger partial charge in [0.2, 0.25) is 5.91 Å². The first-order valence-electron chi connectivity index (χ1n) is 9.17. The topological polar surface area (TPSA) is 115 Å². The summed E-state index contributed by atoms with van der Waals surface area (Å²) in [5.74, 6) is 6.35. The highest BCUT2D eigenvalue weighted by Gasteiger charge is 2.28. The van der Waals surface area contributed by atoms with Crippen molar-refractivity contribution in [3.8, 4) is 11.8 Å². The number of imidazole rings is 1. The fourth-order valence-corrected chi connectivity index (χ4v) is 3.21. The summed E-state index contributed by atoms with van der Waals surface area (Å²) in [6.07, 6.45) is 4.90. The van der Waals surface area contributed by atoms with E-state index in [9.17, 15) is 14.7 Å². The van der Waals surface area contributed by atoms with Gasteiger partial charge in [-0.05, 0) is 44.7 Å². The van der Waals surface area contributed by atoms with Crippen molar-refractivity contribution < 1.29 is 19.1 Å². The summed E-state index contributed by atoms with van der Waals surface area (Å²) in [5, 5.41) is 9.65. The summed E-state index contributed by atoms with van der Waals surface area (Å²) in [7, 11) is 0. The predicted octanol–water partition coefficient (Wildman–Crippen LogP) is 1.10. The van der Waals surface area contributed by atoms with Crippen molar-refractivity contribution in [1.29, 1.82) is 0 Å². The molecule has 148 valence electrons. The van der Waals surface area contributed by atoms with Crippen molar-refractivity contribution in [2.75, 3.05) is 13.1 Å². The van der Waals surface area contributed by atoms with Gasteiger partial charge < -0.3 is 24.7 Å². The Balaban J connectivity index is 1.61. The van der Waals surface area contributed by atoms with Gasteiger partial charge in [-0.15, -0.1) is 0 Å². The molecule has 0 saturated carbocycles. The summed E-state index contributed by atoms with van der Waals surface area (Å²) in [6, 6.07) is 3.22. The molecule has 1 aliphatic heterocycles. The molecule has 3 N–H and O–H groups in total. The molecule has 8 nitrogen and oxygen atoms in total. The van der Waals surface area contributed by atoms with Gasteiger partial charge in [0, 0.05) is 31.4 Å². The van der Waals surface area contributed by atoms with Crippen LogP contribution in [0.1, 0.15) is 54.7 Å². The fraction of sp³-hybridized carbons (Fsp3) is 0.450. The van der Waals surface area contributed by atoms with E-state index in [1.807, 2.05) is 0 Å². The van der Waals surface area contributed by atoms with Crippen LogP contribution in [0.25, 0.3) is 0 Å². The summed E-state index contributed by atoms with van der Waals surface area (Å²) < 4.78 is 7.28. The number of aliphatic hydroxyl groups is 1. The Hall–Kier alpha value is -3.05. The average molecular weight is 384 g/mol. The molecule has 1 fully saturated rings. The molecule has 0 spiro atoms. The van der Waals surface area contributed by atoms with E-state index in [1.54, 1.807) is 47.8 Å². The zero-order chi connectivity index (χ0) is 20.3. The van der Waals surface area contributed by atoms with Gasteiger partial charge in [-0.2, -0.15) is 0 Å². The third kappa shape index (κ3) is 4.81. The van der Waals surface area contributed by atoms with Gasteiger partial charge in [-0.25, -0.2) is 4.98 Å². The number of amides is 2. The van der Waals surface area contributed by atoms with Crippen LogP contribution < -0.4 is 5.73 Å². The minimum absolute atomic E-state index is 0.106. The Morgan fingerprint density at radius 3 is 2.71 bits per heavy atom. The number of aromatic nitrogens is 2. The normalized spacial score (nSPS) is 15.2. The fourth-order valence-electron chi connectivity index (χ4n) is 3.21. The number of hydrogen-bond donors (Lipinski definition) is 2. The van der Waals surface area contributed by atoms with Crippen molar-refractivity contribution in [2.45, 2.75) is 44.8 Å². The lowest BCUT2D eigenvalue weighted by Gasteiger charge is -2.31. The number of piperidine rings is 1. The van der Waals surface area contributed by atoms with E-state index in [4.69, 9.17) is 10.2 Å². The minimum atomic E-state index is -1.13. The largest absolute Gasteiger partial charge is 0.443 e. The molecular weight excluding hydrogens is 360 g/mol. The molecule has 0 atom stereocenters. The standard InChI is InChI=1S/C20H24N4O4/c1-20(2,27)8-5-15-3-4-16(28-15)19(26)23-10-6-14(7-11-23)18-22-9-12-24(18)13-17(21)25/h3-4,9,12,14,27H,6-7,10-11,13H2,1-2H3,(H2,21,25). The van der Waals surface area contributed by atoms with Crippen LogP contribution in [0.5, 0.6) is 0 Å². The first kappa shape index (κ1) is 19.7. The van der Waals surface area contributed by atoms with Gasteiger partial charge in [0.1, 0.15) is 18.0 Å². The molecule has 0 radical (unpaired) electrons. The summed E-state index contributed by atoms with van der Waals surface area (Å²) >= 11 is 0. The second-order valence-electron chi connectivity index (χ2n) is 7.42. The number of primary amides is 1. The molecule has 8 heteroatoms. The first-order valence-corrected chi connectivity index (χ1v) is 9.17. The highest BCUT2D eigenvalue weighted by molar-refractivity contribution is 5.91. The number of furan rings is 1. The molecule has 2 amide bonds. The minimum Gasteiger partial charge on any atom is -0.443 e. The molecule has 0 aromatic carbocycles. The lowest BCUT2D eigenvalue weighted by Crippen LogP contribution is -2.38. The van der Waals surface area contributed by atoms with Gasteiger partial charge in [0.25, 0.3) is 5.91 Å². The first-order chi connectivity index (χ1) is 13.2. The second-order valence-corrected chi connectivity index (χ2v) is 7.42. The SMILES string of the molecule is CC(C)(O)C#Cc1ccc(C(=O)N2CCC(c3nccn3CC(N)=O)CC2)o1. The third-order valence-electron chi connectivity index (χ3n) is 4.53. The maximum Gasteiger partial charge on any atom is 0.289 e. The van der Waals surface area contributed by atoms with Crippen molar-refractivity contribution >= 4 is 11.8 Å². The number of carbonyl (C=O) groups excluding carboxylic acids is 2. The number of nitrogens with two attached hydrogens (primary N) is 1. The van der Waals surface area contributed by atoms with E-state index >= 15 is 0 Å². The zero-order valence-electron chi connectivity index (χ0n) is 16.0. The van der Waals surface area contributed by atoms with Gasteiger partial charge in [0.05, 0.1) is 0 Å². The quantitative estimate of drug-likeness (QED) is 0.766. The zero-order valence-corrected chi connectivity index (χ0v) is 16.0. The maximum absolute atomic E-state index is 12.7. The van der Waals surface area contributed by atoms with Crippen LogP contribution >= 0.6 is 0 Å². The van der Waals surface area contributed by atoms with Gasteiger partial charge in [-0.1, -0.05) is 5.92 Å². The number of likely N-dealkylation sites (tertiary alicyclic amines) is 1. The van der Waals surface area contributed by atoms with Crippen LogP contribution in [0.15, 0.2) is 28.9 Å². The van der Waals surface area contributed by atoms with Crippen LogP contribution in [0.4, 0.5) is 0 Å². The Bertz CT molecular complexity index is 918. The van der Waals surface area contributed by atoms with Crippen LogP contribution in [0.3, 0.4) is 0 Å². The van der Waals surface area contributed by atoms with E-state index in [1.165, 1.54) is 0 Å². The van der Waals surface area contributed by atoms with Crippen LogP contribution in [0.2, 0.25) is 0 Å². The molecule has 3 heterocycles. The van der Waals surface area contributed by atoms with E-state index in [0.717, 1.165) is 18.7 Å². The van der Waals surface area contributed by atoms with Crippen molar-refractivity contribution in [1.82, 2.24) is 14.5 Å².